The summed E-state index contributed by atoms with van der Waals surface area (Å²) < 4.78 is 10.9. The van der Waals surface area contributed by atoms with E-state index in [1.807, 2.05) is 37.3 Å². The maximum atomic E-state index is 15.0. The van der Waals surface area contributed by atoms with E-state index in [9.17, 15) is 9.59 Å². The number of halogens is 1. The predicted molar refractivity (Wildman–Crippen MR) is 150 cm³/mol. The first-order valence-corrected chi connectivity index (χ1v) is 13.7. The summed E-state index contributed by atoms with van der Waals surface area (Å²) in [6.07, 6.45) is 1.46. The molecule has 2 saturated heterocycles. The van der Waals surface area contributed by atoms with Crippen molar-refractivity contribution < 1.29 is 23.9 Å². The molecule has 204 valence electrons. The van der Waals surface area contributed by atoms with Crippen molar-refractivity contribution in [3.63, 3.8) is 0 Å². The van der Waals surface area contributed by atoms with Crippen LogP contribution in [0.5, 0.6) is 11.5 Å². The average molecular weight is 558 g/mol. The minimum Gasteiger partial charge on any atom is -0.493 e. The molecule has 0 saturated carbocycles. The molecule has 4 aliphatic rings. The number of hydrogen-bond acceptors (Lipinski definition) is 6. The molecule has 0 aromatic heterocycles. The van der Waals surface area contributed by atoms with Crippen molar-refractivity contribution in [3.8, 4) is 11.5 Å². The van der Waals surface area contributed by atoms with Gasteiger partial charge >= 0.3 is 0 Å². The van der Waals surface area contributed by atoms with Gasteiger partial charge in [-0.1, -0.05) is 35.9 Å². The molecule has 2 spiro atoms. The number of carbonyl (C=O) groups is 3. The molecule has 4 aliphatic heterocycles. The number of aryl methyl sites for hydroxylation is 1. The number of fused-ring (bicyclic) bond motifs is 7. The molecule has 0 bridgehead atoms. The molecule has 3 aromatic rings. The molecule has 7 rings (SSSR count). The molecule has 8 nitrogen and oxygen atoms in total. The van der Waals surface area contributed by atoms with Gasteiger partial charge in [-0.15, -0.1) is 0 Å². The summed E-state index contributed by atoms with van der Waals surface area (Å²) in [4.78, 5) is 46.0. The Morgan fingerprint density at radius 3 is 2.52 bits per heavy atom. The number of ketones is 1. The smallest absolute Gasteiger partial charge is 0.250 e. The molecule has 0 radical (unpaired) electrons. The molecule has 40 heavy (non-hydrogen) atoms. The maximum Gasteiger partial charge on any atom is 0.250 e. The fourth-order valence-corrected chi connectivity index (χ4v) is 8.21. The first kappa shape index (κ1) is 25.1. The third kappa shape index (κ3) is 2.87. The van der Waals surface area contributed by atoms with E-state index < -0.39 is 16.9 Å². The van der Waals surface area contributed by atoms with Gasteiger partial charge in [0.15, 0.2) is 17.3 Å². The number of nitrogens with one attached hydrogen (secondary N) is 2. The monoisotopic (exact) mass is 557 g/mol. The number of carbonyl (C=O) groups excluding carboxylic acids is 3. The van der Waals surface area contributed by atoms with Crippen LogP contribution in [0.15, 0.2) is 54.6 Å². The SMILES string of the molecule is COc1ccc(C(=O)[C@@H]2[C@]3(C(=O)Nc4ccccc43)[C@@H]3CCCN3[C@@]23C(=O)Nc2c(Cl)cc(C)cc23)cc1OC. The van der Waals surface area contributed by atoms with E-state index in [0.717, 1.165) is 17.5 Å². The normalized spacial score (nSPS) is 27.9. The summed E-state index contributed by atoms with van der Waals surface area (Å²) in [7, 11) is 3.04. The van der Waals surface area contributed by atoms with Crippen LogP contribution in [0.25, 0.3) is 0 Å². The maximum absolute atomic E-state index is 15.0. The van der Waals surface area contributed by atoms with E-state index in [-0.39, 0.29) is 23.6 Å². The van der Waals surface area contributed by atoms with Crippen molar-refractivity contribution in [2.45, 2.75) is 36.8 Å². The lowest BCUT2D eigenvalue weighted by atomic mass is 9.60. The third-order valence-corrected chi connectivity index (χ3v) is 9.56. The van der Waals surface area contributed by atoms with Gasteiger partial charge < -0.3 is 20.1 Å². The molecule has 4 heterocycles. The molecule has 2 N–H and O–H groups in total. The molecular formula is C31H28ClN3O5. The van der Waals surface area contributed by atoms with Gasteiger partial charge in [-0.2, -0.15) is 0 Å². The first-order chi connectivity index (χ1) is 19.3. The summed E-state index contributed by atoms with van der Waals surface area (Å²) >= 11 is 6.70. The topological polar surface area (TPSA) is 97.0 Å². The van der Waals surface area contributed by atoms with E-state index >= 15 is 4.79 Å². The van der Waals surface area contributed by atoms with E-state index in [4.69, 9.17) is 21.1 Å². The van der Waals surface area contributed by atoms with Gasteiger partial charge in [-0.3, -0.25) is 19.3 Å². The lowest BCUT2D eigenvalue weighted by Crippen LogP contribution is -2.55. The van der Waals surface area contributed by atoms with Crippen LogP contribution in [0.4, 0.5) is 11.4 Å². The number of nitrogens with zero attached hydrogens (tertiary/aromatic N) is 1. The Kier molecular flexibility index (Phi) is 5.37. The van der Waals surface area contributed by atoms with Gasteiger partial charge in [0, 0.05) is 22.9 Å². The van der Waals surface area contributed by atoms with Gasteiger partial charge in [0.1, 0.15) is 11.0 Å². The van der Waals surface area contributed by atoms with Crippen LogP contribution in [0.3, 0.4) is 0 Å². The highest BCUT2D eigenvalue weighted by Crippen LogP contribution is 2.66. The summed E-state index contributed by atoms with van der Waals surface area (Å²) in [6.45, 7) is 2.48. The van der Waals surface area contributed by atoms with Crippen molar-refractivity contribution in [2.75, 3.05) is 31.4 Å². The number of Topliss-reactive ketones (excluding diaryl/α,β-unsaturated/α-hetero) is 1. The van der Waals surface area contributed by atoms with Gasteiger partial charge in [0.05, 0.1) is 30.8 Å². The molecular weight excluding hydrogens is 530 g/mol. The van der Waals surface area contributed by atoms with Crippen LogP contribution < -0.4 is 20.1 Å². The zero-order valence-electron chi connectivity index (χ0n) is 22.3. The van der Waals surface area contributed by atoms with E-state index in [2.05, 4.69) is 15.5 Å². The minimum atomic E-state index is -1.44. The highest BCUT2D eigenvalue weighted by atomic mass is 35.5. The number of ether oxygens (including phenoxy) is 2. The van der Waals surface area contributed by atoms with Crippen LogP contribution in [-0.2, 0) is 20.5 Å². The van der Waals surface area contributed by atoms with E-state index in [0.29, 0.717) is 52.0 Å². The Hall–Kier alpha value is -3.88. The minimum absolute atomic E-state index is 0.263. The molecule has 2 fully saturated rings. The lowest BCUT2D eigenvalue weighted by Gasteiger charge is -2.38. The zero-order valence-corrected chi connectivity index (χ0v) is 23.1. The van der Waals surface area contributed by atoms with Crippen LogP contribution in [0, 0.1) is 12.8 Å². The number of rotatable bonds is 4. The Labute approximate surface area is 236 Å². The standard InChI is InChI=1S/C31H28ClN3O5/c1-16-13-19-25(20(32)14-16)34-29(38)31(19)27(26(36)17-10-11-22(39-2)23(15-17)40-3)30(24-9-6-12-35(24)31)18-7-4-5-8-21(18)33-28(30)37/h4-5,7-8,10-11,13-15,24,27H,6,9,12H2,1-3H3,(H,33,37)(H,34,38)/t24-,27+,30+,31+/m0/s1. The lowest BCUT2D eigenvalue weighted by molar-refractivity contribution is -0.128. The van der Waals surface area contributed by atoms with Crippen molar-refractivity contribution in [1.29, 1.82) is 0 Å². The Morgan fingerprint density at radius 1 is 0.975 bits per heavy atom. The van der Waals surface area contributed by atoms with Crippen molar-refractivity contribution in [1.82, 2.24) is 4.90 Å². The molecule has 2 amide bonds. The first-order valence-electron chi connectivity index (χ1n) is 13.4. The Bertz CT molecular complexity index is 1640. The fraction of sp³-hybridized carbons (Fsp3) is 0.323. The second kappa shape index (κ2) is 8.56. The summed E-state index contributed by atoms with van der Waals surface area (Å²) in [5, 5.41) is 6.49. The van der Waals surface area contributed by atoms with Gasteiger partial charge in [0.2, 0.25) is 11.8 Å². The number of amides is 2. The summed E-state index contributed by atoms with van der Waals surface area (Å²) in [5.74, 6) is -1.13. The molecule has 0 unspecified atom stereocenters. The fourth-order valence-electron chi connectivity index (χ4n) is 7.89. The van der Waals surface area contributed by atoms with Crippen molar-refractivity contribution in [2.24, 2.45) is 5.92 Å². The third-order valence-electron chi connectivity index (χ3n) is 9.26. The Balaban J connectivity index is 1.57. The van der Waals surface area contributed by atoms with Crippen molar-refractivity contribution >= 4 is 40.6 Å². The molecule has 0 aliphatic carbocycles. The largest absolute Gasteiger partial charge is 0.493 e. The second-order valence-electron chi connectivity index (χ2n) is 11.0. The highest BCUT2D eigenvalue weighted by Gasteiger charge is 2.79. The summed E-state index contributed by atoms with van der Waals surface area (Å²) in [5.41, 5.74) is 1.01. The molecule has 4 atom stereocenters. The Morgan fingerprint density at radius 2 is 1.75 bits per heavy atom. The van der Waals surface area contributed by atoms with Crippen LogP contribution in [0.2, 0.25) is 5.02 Å². The number of hydrogen-bond donors (Lipinski definition) is 2. The summed E-state index contributed by atoms with van der Waals surface area (Å²) in [6, 6.07) is 15.8. The molecule has 9 heteroatoms. The number of methoxy groups -OCH3 is 2. The molecule has 3 aromatic carbocycles. The second-order valence-corrected chi connectivity index (χ2v) is 11.4. The van der Waals surface area contributed by atoms with Crippen LogP contribution in [0.1, 0.15) is 39.9 Å². The average Bonchev–Trinajstić information content (AvgIpc) is 3.67. The highest BCUT2D eigenvalue weighted by molar-refractivity contribution is 6.35. The quantitative estimate of drug-likeness (QED) is 0.452. The van der Waals surface area contributed by atoms with E-state index in [1.54, 1.807) is 24.3 Å². The predicted octanol–water partition coefficient (Wildman–Crippen LogP) is 4.68. The van der Waals surface area contributed by atoms with Crippen LogP contribution in [-0.4, -0.2) is 49.3 Å². The number of anilines is 2. The van der Waals surface area contributed by atoms with Gasteiger partial charge in [-0.05, 0) is 67.8 Å². The number of para-hydroxylation sites is 1. The van der Waals surface area contributed by atoms with Crippen molar-refractivity contribution in [3.05, 3.63) is 81.9 Å². The van der Waals surface area contributed by atoms with Gasteiger partial charge in [0.25, 0.3) is 0 Å². The number of benzene rings is 3. The van der Waals surface area contributed by atoms with Gasteiger partial charge in [-0.25, -0.2) is 0 Å². The van der Waals surface area contributed by atoms with E-state index in [1.165, 1.54) is 14.2 Å². The zero-order chi connectivity index (χ0) is 28.0. The van der Waals surface area contributed by atoms with Crippen LogP contribution >= 0.6 is 11.6 Å².